The van der Waals surface area contributed by atoms with Crippen LogP contribution in [-0.2, 0) is 4.74 Å². The van der Waals surface area contributed by atoms with Crippen molar-refractivity contribution in [2.45, 2.75) is 32.3 Å². The van der Waals surface area contributed by atoms with Crippen molar-refractivity contribution in [1.29, 1.82) is 0 Å². The molecule has 1 fully saturated rings. The van der Waals surface area contributed by atoms with Crippen LogP contribution in [0.3, 0.4) is 0 Å². The molecule has 0 radical (unpaired) electrons. The Bertz CT molecular complexity index is 274. The molecule has 0 aliphatic carbocycles. The summed E-state index contributed by atoms with van der Waals surface area (Å²) in [5.74, 6) is 2.61. The van der Waals surface area contributed by atoms with Crippen molar-refractivity contribution in [2.24, 2.45) is 4.99 Å². The Kier molecular flexibility index (Phi) is 12.0. The second-order valence-electron chi connectivity index (χ2n) is 4.70. The van der Waals surface area contributed by atoms with Crippen molar-refractivity contribution in [2.75, 3.05) is 44.4 Å². The van der Waals surface area contributed by atoms with Crippen LogP contribution >= 0.6 is 35.7 Å². The summed E-state index contributed by atoms with van der Waals surface area (Å²) in [7, 11) is 0. The lowest BCUT2D eigenvalue weighted by Gasteiger charge is -2.19. The minimum absolute atomic E-state index is 0. The van der Waals surface area contributed by atoms with E-state index in [1.165, 1.54) is 0 Å². The number of ether oxygens (including phenoxy) is 1. The molecule has 120 valence electrons. The van der Waals surface area contributed by atoms with Crippen LogP contribution in [0.2, 0.25) is 0 Å². The molecule has 1 heterocycles. The zero-order valence-electron chi connectivity index (χ0n) is 12.5. The van der Waals surface area contributed by atoms with Gasteiger partial charge in [-0.3, -0.25) is 4.99 Å². The van der Waals surface area contributed by atoms with Gasteiger partial charge in [-0.1, -0.05) is 0 Å². The molecule has 1 aliphatic heterocycles. The van der Waals surface area contributed by atoms with E-state index in [-0.39, 0.29) is 24.0 Å². The Hall–Kier alpha value is 0.270. The fourth-order valence-corrected chi connectivity index (χ4v) is 3.10. The minimum atomic E-state index is -0.613. The van der Waals surface area contributed by atoms with Gasteiger partial charge in [0.15, 0.2) is 5.96 Å². The van der Waals surface area contributed by atoms with E-state index in [1.807, 2.05) is 13.8 Å². The summed E-state index contributed by atoms with van der Waals surface area (Å²) in [4.78, 5) is 4.48. The first kappa shape index (κ1) is 20.3. The molecule has 7 heteroatoms. The molecule has 20 heavy (non-hydrogen) atoms. The second kappa shape index (κ2) is 11.9. The largest absolute Gasteiger partial charge is 0.387 e. The highest BCUT2D eigenvalue weighted by Gasteiger charge is 2.31. The number of nitrogens with zero attached hydrogens (tertiary/aromatic N) is 1. The molecule has 1 saturated heterocycles. The Balaban J connectivity index is 0.00000361. The van der Waals surface area contributed by atoms with Gasteiger partial charge in [0.2, 0.25) is 0 Å². The van der Waals surface area contributed by atoms with Gasteiger partial charge in [0.25, 0.3) is 0 Å². The molecule has 3 N–H and O–H groups in total. The highest BCUT2D eigenvalue weighted by Crippen LogP contribution is 2.27. The maximum atomic E-state index is 10.2. The van der Waals surface area contributed by atoms with E-state index >= 15 is 0 Å². The number of hydrogen-bond donors (Lipinski definition) is 3. The lowest BCUT2D eigenvalue weighted by atomic mass is 10.1. The van der Waals surface area contributed by atoms with Crippen molar-refractivity contribution < 1.29 is 9.84 Å². The molecule has 0 bridgehead atoms. The first-order valence-electron chi connectivity index (χ1n) is 7.10. The number of thioether (sulfide) groups is 1. The monoisotopic (exact) mass is 417 g/mol. The molecule has 0 amide bonds. The van der Waals surface area contributed by atoms with E-state index in [2.05, 4.69) is 15.6 Å². The standard InChI is InChI=1S/C13H27N3O2S.HI/c1-3-14-12(15-7-5-8-18-4-2)16-10-13(17)6-9-19-11-13;/h17H,3-11H2,1-2H3,(H2,14,15,16);1H. The molecule has 1 unspecified atom stereocenters. The lowest BCUT2D eigenvalue weighted by Crippen LogP contribution is -2.40. The van der Waals surface area contributed by atoms with E-state index in [0.717, 1.165) is 56.6 Å². The number of aliphatic hydroxyl groups is 1. The van der Waals surface area contributed by atoms with E-state index in [1.54, 1.807) is 11.8 Å². The summed E-state index contributed by atoms with van der Waals surface area (Å²) in [5.41, 5.74) is -0.613. The van der Waals surface area contributed by atoms with Gasteiger partial charge in [-0.15, -0.1) is 24.0 Å². The van der Waals surface area contributed by atoms with Crippen molar-refractivity contribution in [3.05, 3.63) is 0 Å². The number of guanidine groups is 1. The van der Waals surface area contributed by atoms with Crippen LogP contribution in [-0.4, -0.2) is 61.0 Å². The van der Waals surface area contributed by atoms with Crippen LogP contribution in [0.15, 0.2) is 4.99 Å². The van der Waals surface area contributed by atoms with Gasteiger partial charge in [0.05, 0.1) is 12.1 Å². The zero-order chi connectivity index (χ0) is 14.0. The molecule has 5 nitrogen and oxygen atoms in total. The molecular weight excluding hydrogens is 389 g/mol. The fourth-order valence-electron chi connectivity index (χ4n) is 1.81. The van der Waals surface area contributed by atoms with Crippen molar-refractivity contribution in [3.63, 3.8) is 0 Å². The third kappa shape index (κ3) is 8.53. The van der Waals surface area contributed by atoms with Crippen molar-refractivity contribution in [1.82, 2.24) is 10.6 Å². The highest BCUT2D eigenvalue weighted by atomic mass is 127. The second-order valence-corrected chi connectivity index (χ2v) is 5.80. The molecule has 0 aromatic heterocycles. The normalized spacial score (nSPS) is 22.4. The topological polar surface area (TPSA) is 65.9 Å². The minimum Gasteiger partial charge on any atom is -0.387 e. The summed E-state index contributed by atoms with van der Waals surface area (Å²) in [6, 6.07) is 0. The van der Waals surface area contributed by atoms with Crippen LogP contribution < -0.4 is 10.6 Å². The van der Waals surface area contributed by atoms with Gasteiger partial charge >= 0.3 is 0 Å². The Labute approximate surface area is 143 Å². The highest BCUT2D eigenvalue weighted by molar-refractivity contribution is 14.0. The number of aliphatic imine (C=N–C) groups is 1. The van der Waals surface area contributed by atoms with Gasteiger partial charge in [-0.05, 0) is 32.4 Å². The summed E-state index contributed by atoms with van der Waals surface area (Å²) < 4.78 is 5.29. The first-order valence-corrected chi connectivity index (χ1v) is 8.25. The van der Waals surface area contributed by atoms with Gasteiger partial charge in [-0.25, -0.2) is 0 Å². The fraction of sp³-hybridized carbons (Fsp3) is 0.923. The Morgan fingerprint density at radius 1 is 1.40 bits per heavy atom. The van der Waals surface area contributed by atoms with Crippen LogP contribution in [0.4, 0.5) is 0 Å². The Morgan fingerprint density at radius 3 is 2.80 bits per heavy atom. The summed E-state index contributed by atoms with van der Waals surface area (Å²) >= 11 is 1.80. The van der Waals surface area contributed by atoms with Crippen molar-refractivity contribution in [3.8, 4) is 0 Å². The average molecular weight is 417 g/mol. The molecule has 1 rings (SSSR count). The van der Waals surface area contributed by atoms with Gasteiger partial charge in [0.1, 0.15) is 0 Å². The van der Waals surface area contributed by atoms with Crippen LogP contribution in [0.5, 0.6) is 0 Å². The maximum Gasteiger partial charge on any atom is 0.191 e. The lowest BCUT2D eigenvalue weighted by molar-refractivity contribution is 0.0778. The van der Waals surface area contributed by atoms with E-state index < -0.39 is 5.60 Å². The molecule has 0 aromatic rings. The van der Waals surface area contributed by atoms with Crippen LogP contribution in [0.25, 0.3) is 0 Å². The van der Waals surface area contributed by atoms with Crippen LogP contribution in [0, 0.1) is 0 Å². The van der Waals surface area contributed by atoms with Gasteiger partial charge in [0, 0.05) is 32.1 Å². The maximum absolute atomic E-state index is 10.2. The molecule has 0 spiro atoms. The van der Waals surface area contributed by atoms with E-state index in [0.29, 0.717) is 6.54 Å². The number of rotatable bonds is 8. The first-order chi connectivity index (χ1) is 9.20. The van der Waals surface area contributed by atoms with E-state index in [9.17, 15) is 5.11 Å². The third-order valence-corrected chi connectivity index (χ3v) is 4.15. The van der Waals surface area contributed by atoms with Gasteiger partial charge < -0.3 is 20.5 Å². The molecule has 1 aliphatic rings. The smallest absolute Gasteiger partial charge is 0.191 e. The summed E-state index contributed by atoms with van der Waals surface area (Å²) in [5, 5.41) is 16.7. The number of nitrogens with one attached hydrogen (secondary N) is 2. The molecule has 1 atom stereocenters. The quantitative estimate of drug-likeness (QED) is 0.242. The Morgan fingerprint density at radius 2 is 2.20 bits per heavy atom. The van der Waals surface area contributed by atoms with Crippen molar-refractivity contribution >= 4 is 41.7 Å². The molecule has 0 saturated carbocycles. The molecule has 0 aromatic carbocycles. The van der Waals surface area contributed by atoms with Crippen LogP contribution in [0.1, 0.15) is 26.7 Å². The number of hydrogen-bond acceptors (Lipinski definition) is 4. The summed E-state index contributed by atoms with van der Waals surface area (Å²) in [6.07, 6.45) is 1.79. The number of halogens is 1. The van der Waals surface area contributed by atoms with Gasteiger partial charge in [-0.2, -0.15) is 11.8 Å². The predicted octanol–water partition coefficient (Wildman–Crippen LogP) is 1.45. The molecular formula is C13H28IN3O2S. The predicted molar refractivity (Wildman–Crippen MR) is 97.4 cm³/mol. The summed E-state index contributed by atoms with van der Waals surface area (Å²) in [6.45, 7) is 7.70. The zero-order valence-corrected chi connectivity index (χ0v) is 15.6. The SMILES string of the molecule is CCNC(=NCC1(O)CCSC1)NCCCOCC.I. The van der Waals surface area contributed by atoms with E-state index in [4.69, 9.17) is 4.74 Å². The third-order valence-electron chi connectivity index (χ3n) is 2.92. The average Bonchev–Trinajstić information content (AvgIpc) is 2.83.